The Morgan fingerprint density at radius 3 is 2.66 bits per heavy atom. The van der Waals surface area contributed by atoms with Crippen molar-refractivity contribution in [2.24, 2.45) is 0 Å². The number of nitrogens with one attached hydrogen (secondary N) is 2. The Morgan fingerprint density at radius 2 is 1.90 bits per heavy atom. The van der Waals surface area contributed by atoms with Crippen molar-refractivity contribution in [3.63, 3.8) is 0 Å². The Kier molecular flexibility index (Phi) is 10.4. The fourth-order valence-corrected chi connectivity index (χ4v) is 4.97. The minimum Gasteiger partial charge on any atom is -0.475 e. The first-order chi connectivity index (χ1) is 19.6. The van der Waals surface area contributed by atoms with E-state index in [1.54, 1.807) is 18.2 Å². The number of hydrogen-bond acceptors (Lipinski definition) is 10. The Morgan fingerprint density at radius 1 is 1.12 bits per heavy atom. The van der Waals surface area contributed by atoms with E-state index in [1.807, 2.05) is 0 Å². The molecule has 41 heavy (non-hydrogen) atoms. The molecule has 2 aromatic heterocycles. The number of piperazine rings is 1. The number of hydrogen-bond donors (Lipinski definition) is 2. The predicted molar refractivity (Wildman–Crippen MR) is 157 cm³/mol. The van der Waals surface area contributed by atoms with Crippen LogP contribution in [0.3, 0.4) is 0 Å². The van der Waals surface area contributed by atoms with Gasteiger partial charge in [0.15, 0.2) is 0 Å². The van der Waals surface area contributed by atoms with Gasteiger partial charge in [0.05, 0.1) is 18.1 Å². The van der Waals surface area contributed by atoms with Gasteiger partial charge in [-0.2, -0.15) is 0 Å². The Labute approximate surface area is 244 Å². The van der Waals surface area contributed by atoms with E-state index in [0.717, 1.165) is 32.4 Å². The smallest absolute Gasteiger partial charge is 0.257 e. The average molecular weight is 606 g/mol. The predicted octanol–water partition coefficient (Wildman–Crippen LogP) is 3.46. The molecule has 4 rings (SSSR count). The van der Waals surface area contributed by atoms with Crippen LogP contribution in [0.5, 0.6) is 5.88 Å². The maximum atomic E-state index is 14.6. The molecule has 14 heteroatoms. The first kappa shape index (κ1) is 30.6. The van der Waals surface area contributed by atoms with Gasteiger partial charge >= 0.3 is 0 Å². The van der Waals surface area contributed by atoms with Gasteiger partial charge in [-0.15, -0.1) is 10.2 Å². The van der Waals surface area contributed by atoms with Gasteiger partial charge in [-0.05, 0) is 43.8 Å². The highest BCUT2D eigenvalue weighted by Crippen LogP contribution is 2.32. The van der Waals surface area contributed by atoms with Gasteiger partial charge in [-0.1, -0.05) is 11.6 Å². The number of likely N-dealkylation sites (N-methyl/N-ethyl adjacent to an activating group) is 1. The summed E-state index contributed by atoms with van der Waals surface area (Å²) in [6.45, 7) is 4.57. The van der Waals surface area contributed by atoms with Crippen molar-refractivity contribution in [2.75, 3.05) is 69.0 Å². The van der Waals surface area contributed by atoms with Crippen molar-refractivity contribution in [3.05, 3.63) is 53.4 Å². The van der Waals surface area contributed by atoms with Crippen molar-refractivity contribution in [3.8, 4) is 17.1 Å². The van der Waals surface area contributed by atoms with Crippen molar-refractivity contribution < 1.29 is 22.3 Å². The van der Waals surface area contributed by atoms with Gasteiger partial charge in [0, 0.05) is 73.9 Å². The zero-order chi connectivity index (χ0) is 29.4. The van der Waals surface area contributed by atoms with Crippen LogP contribution in [0, 0.1) is 5.82 Å². The van der Waals surface area contributed by atoms with E-state index >= 15 is 0 Å². The highest BCUT2D eigenvalue weighted by Gasteiger charge is 2.17. The molecule has 11 nitrogen and oxygen atoms in total. The van der Waals surface area contributed by atoms with Crippen LogP contribution in [0.4, 0.5) is 21.6 Å². The van der Waals surface area contributed by atoms with Gasteiger partial charge in [0.2, 0.25) is 5.91 Å². The van der Waals surface area contributed by atoms with Crippen LogP contribution in [0.1, 0.15) is 12.8 Å². The van der Waals surface area contributed by atoms with Crippen molar-refractivity contribution in [1.82, 2.24) is 25.0 Å². The number of sulfone groups is 1. The maximum absolute atomic E-state index is 14.6. The van der Waals surface area contributed by atoms with Gasteiger partial charge in [-0.25, -0.2) is 17.8 Å². The minimum absolute atomic E-state index is 0.0444. The molecule has 3 heterocycles. The summed E-state index contributed by atoms with van der Waals surface area (Å²) < 4.78 is 43.2. The Bertz CT molecular complexity index is 1470. The van der Waals surface area contributed by atoms with E-state index < -0.39 is 15.7 Å². The lowest BCUT2D eigenvalue weighted by Crippen LogP contribution is -2.45. The zero-order valence-electron chi connectivity index (χ0n) is 22.9. The number of nitrogens with zero attached hydrogens (tertiary/aromatic N) is 5. The van der Waals surface area contributed by atoms with Crippen molar-refractivity contribution in [2.45, 2.75) is 12.8 Å². The topological polar surface area (TPSA) is 130 Å². The van der Waals surface area contributed by atoms with Crippen LogP contribution in [-0.4, -0.2) is 97.7 Å². The highest BCUT2D eigenvalue weighted by molar-refractivity contribution is 7.90. The summed E-state index contributed by atoms with van der Waals surface area (Å²) in [7, 11) is -1.06. The summed E-state index contributed by atoms with van der Waals surface area (Å²) in [6, 6.07) is 9.02. The summed E-state index contributed by atoms with van der Waals surface area (Å²) in [5.41, 5.74) is 1.27. The monoisotopic (exact) mass is 605 g/mol. The fourth-order valence-electron chi connectivity index (χ4n) is 4.16. The second-order valence-electron chi connectivity index (χ2n) is 9.90. The summed E-state index contributed by atoms with van der Waals surface area (Å²) in [5.74, 6) is -0.261. The number of amides is 1. The van der Waals surface area contributed by atoms with Crippen molar-refractivity contribution in [1.29, 1.82) is 0 Å². The highest BCUT2D eigenvalue weighted by atomic mass is 35.5. The van der Waals surface area contributed by atoms with Gasteiger partial charge in [-0.3, -0.25) is 4.79 Å². The maximum Gasteiger partial charge on any atom is 0.257 e. The quantitative estimate of drug-likeness (QED) is 0.296. The minimum atomic E-state index is -3.15. The van der Waals surface area contributed by atoms with Gasteiger partial charge in [0.1, 0.15) is 27.2 Å². The molecule has 0 saturated carbocycles. The number of carbonyl (C=O) groups is 1. The lowest BCUT2D eigenvalue weighted by molar-refractivity contribution is -0.116. The molecule has 0 radical (unpaired) electrons. The molecule has 1 aliphatic heterocycles. The molecule has 220 valence electrons. The SMILES string of the molecule is CN1CCN(CCC(=O)Nc2cc(Nc3cc(-c4cc(Cl)ccc4F)nnc3OCCCS(C)(=O)=O)ccn2)CC1. The largest absolute Gasteiger partial charge is 0.475 e. The van der Waals surface area contributed by atoms with Gasteiger partial charge in [0.25, 0.3) is 5.88 Å². The average Bonchev–Trinajstić information content (AvgIpc) is 2.92. The van der Waals surface area contributed by atoms with Crippen LogP contribution in [0.2, 0.25) is 5.02 Å². The van der Waals surface area contributed by atoms with Crippen LogP contribution in [0.25, 0.3) is 11.3 Å². The third-order valence-corrected chi connectivity index (χ3v) is 7.69. The third-order valence-electron chi connectivity index (χ3n) is 6.42. The molecule has 0 atom stereocenters. The van der Waals surface area contributed by atoms with Crippen molar-refractivity contribution >= 4 is 44.5 Å². The standard InChI is InChI=1S/C27H33ClFN7O4S/c1-35-10-12-36(13-11-35)9-7-26(37)32-25-17-20(6-8-30-25)31-24-18-23(21-16-19(28)4-5-22(21)29)33-34-27(24)40-14-3-15-41(2,38)39/h4-6,8,16-18H,3,7,9-15H2,1-2H3,(H2,30,31,32,33,37). The molecule has 1 aliphatic rings. The normalized spacial score (nSPS) is 14.5. The lowest BCUT2D eigenvalue weighted by Gasteiger charge is -2.32. The first-order valence-electron chi connectivity index (χ1n) is 13.1. The molecule has 1 saturated heterocycles. The zero-order valence-corrected chi connectivity index (χ0v) is 24.5. The molecule has 2 N–H and O–H groups in total. The number of ether oxygens (including phenoxy) is 1. The molecular weight excluding hydrogens is 573 g/mol. The van der Waals surface area contributed by atoms with E-state index in [-0.39, 0.29) is 41.8 Å². The molecule has 0 unspecified atom stereocenters. The molecule has 0 spiro atoms. The van der Waals surface area contributed by atoms with Crippen LogP contribution in [-0.2, 0) is 14.6 Å². The van der Waals surface area contributed by atoms with Crippen LogP contribution >= 0.6 is 11.6 Å². The van der Waals surface area contributed by atoms with Gasteiger partial charge < -0.3 is 25.2 Å². The summed E-state index contributed by atoms with van der Waals surface area (Å²) in [6.07, 6.45) is 3.29. The number of anilines is 3. The molecule has 1 amide bonds. The Hall–Kier alpha value is -3.39. The lowest BCUT2D eigenvalue weighted by atomic mass is 10.1. The summed E-state index contributed by atoms with van der Waals surface area (Å²) in [4.78, 5) is 21.4. The third kappa shape index (κ3) is 9.59. The van der Waals surface area contributed by atoms with Crippen LogP contribution in [0.15, 0.2) is 42.6 Å². The van der Waals surface area contributed by atoms with E-state index in [9.17, 15) is 17.6 Å². The van der Waals surface area contributed by atoms with Crippen LogP contribution < -0.4 is 15.4 Å². The molecule has 1 fully saturated rings. The molecule has 1 aromatic carbocycles. The molecule has 0 bridgehead atoms. The molecule has 0 aliphatic carbocycles. The molecule has 3 aromatic rings. The second kappa shape index (κ2) is 14.0. The van der Waals surface area contributed by atoms with E-state index in [4.69, 9.17) is 16.3 Å². The van der Waals surface area contributed by atoms with E-state index in [0.29, 0.717) is 35.2 Å². The number of rotatable bonds is 12. The summed E-state index contributed by atoms with van der Waals surface area (Å²) >= 11 is 6.07. The fraction of sp³-hybridized carbons (Fsp3) is 0.407. The first-order valence-corrected chi connectivity index (χ1v) is 15.6. The number of benzene rings is 1. The second-order valence-corrected chi connectivity index (χ2v) is 12.6. The molecular formula is C27H33ClFN7O4S. The number of aromatic nitrogens is 3. The number of pyridine rings is 1. The number of carbonyl (C=O) groups excluding carboxylic acids is 1. The number of halogens is 2. The van der Waals surface area contributed by atoms with E-state index in [2.05, 4.69) is 42.7 Å². The summed E-state index contributed by atoms with van der Waals surface area (Å²) in [5, 5.41) is 14.5. The van der Waals surface area contributed by atoms with E-state index in [1.165, 1.54) is 24.4 Å². The Balaban J connectivity index is 1.48.